The van der Waals surface area contributed by atoms with Gasteiger partial charge in [-0.15, -0.1) is 0 Å². The van der Waals surface area contributed by atoms with Crippen molar-refractivity contribution in [1.29, 1.82) is 0 Å². The largest absolute Gasteiger partial charge is 0.455 e. The molecule has 0 N–H and O–H groups in total. The minimum Gasteiger partial charge on any atom is -0.455 e. The van der Waals surface area contributed by atoms with E-state index in [4.69, 9.17) is 4.42 Å². The summed E-state index contributed by atoms with van der Waals surface area (Å²) in [5, 5.41) is 9.55. The highest BCUT2D eigenvalue weighted by Crippen LogP contribution is 2.56. The summed E-state index contributed by atoms with van der Waals surface area (Å²) in [6.45, 7) is 4.72. The third kappa shape index (κ3) is 4.88. The van der Waals surface area contributed by atoms with Crippen LogP contribution in [0.5, 0.6) is 0 Å². The number of para-hydroxylation sites is 3. The highest BCUT2D eigenvalue weighted by Gasteiger charge is 2.38. The number of furan rings is 1. The summed E-state index contributed by atoms with van der Waals surface area (Å²) in [6.07, 6.45) is 0. The van der Waals surface area contributed by atoms with Gasteiger partial charge in [-0.3, -0.25) is 0 Å². The predicted octanol–water partition coefficient (Wildman–Crippen LogP) is 16.4. The number of benzene rings is 10. The number of nitrogens with zero attached hydrogens (tertiary/aromatic N) is 2. The van der Waals surface area contributed by atoms with Crippen LogP contribution in [0.25, 0.3) is 93.2 Å². The third-order valence-electron chi connectivity index (χ3n) is 13.6. The maximum Gasteiger partial charge on any atom is 0.145 e. The quantitative estimate of drug-likeness (QED) is 0.162. The van der Waals surface area contributed by atoms with Crippen LogP contribution in [0, 0.1) is 0 Å². The first kappa shape index (κ1) is 34.9. The molecule has 13 rings (SSSR count). The van der Waals surface area contributed by atoms with Crippen LogP contribution < -0.4 is 4.90 Å². The molecule has 12 aromatic rings. The molecule has 0 bridgehead atoms. The Morgan fingerprint density at radius 3 is 1.87 bits per heavy atom. The van der Waals surface area contributed by atoms with Gasteiger partial charge in [0.15, 0.2) is 0 Å². The first-order chi connectivity index (χ1) is 30.5. The lowest BCUT2D eigenvalue weighted by Gasteiger charge is -2.30. The van der Waals surface area contributed by atoms with Crippen LogP contribution in [0.15, 0.2) is 211 Å². The molecular weight excluding hydrogens is 753 g/mol. The van der Waals surface area contributed by atoms with Gasteiger partial charge in [-0.25, -0.2) is 0 Å². The van der Waals surface area contributed by atoms with Gasteiger partial charge in [0.2, 0.25) is 0 Å². The number of anilines is 3. The Labute approximate surface area is 359 Å². The van der Waals surface area contributed by atoms with Crippen molar-refractivity contribution in [3.8, 4) is 27.9 Å². The Morgan fingerprint density at radius 1 is 0.435 bits per heavy atom. The van der Waals surface area contributed by atoms with E-state index in [-0.39, 0.29) is 5.41 Å². The molecule has 0 fully saturated rings. The predicted molar refractivity (Wildman–Crippen MR) is 261 cm³/mol. The number of hydrogen-bond acceptors (Lipinski definition) is 2. The molecular formula is C59H40N2O. The minimum atomic E-state index is -0.170. The Morgan fingerprint density at radius 2 is 1.06 bits per heavy atom. The van der Waals surface area contributed by atoms with Gasteiger partial charge in [0.1, 0.15) is 11.2 Å². The molecule has 0 atom stereocenters. The highest BCUT2D eigenvalue weighted by molar-refractivity contribution is 6.21. The lowest BCUT2D eigenvalue weighted by molar-refractivity contribution is 0.660. The van der Waals surface area contributed by atoms with Crippen molar-refractivity contribution >= 4 is 82.4 Å². The molecule has 2 heterocycles. The maximum absolute atomic E-state index is 7.09. The van der Waals surface area contributed by atoms with Crippen molar-refractivity contribution in [3.63, 3.8) is 0 Å². The molecule has 10 aromatic carbocycles. The monoisotopic (exact) mass is 792 g/mol. The molecule has 0 radical (unpaired) electrons. The average molecular weight is 793 g/mol. The first-order valence-corrected chi connectivity index (χ1v) is 21.5. The van der Waals surface area contributed by atoms with Crippen molar-refractivity contribution in [1.82, 2.24) is 4.57 Å². The molecule has 1 aliphatic rings. The number of aromatic nitrogens is 1. The second-order valence-corrected chi connectivity index (χ2v) is 17.2. The van der Waals surface area contributed by atoms with Crippen molar-refractivity contribution in [3.05, 3.63) is 217 Å². The van der Waals surface area contributed by atoms with Crippen LogP contribution in [0.1, 0.15) is 25.0 Å². The minimum absolute atomic E-state index is 0.170. The molecule has 0 aliphatic heterocycles. The summed E-state index contributed by atoms with van der Waals surface area (Å²) in [6, 6.07) is 75.4. The Bertz CT molecular complexity index is 3750. The summed E-state index contributed by atoms with van der Waals surface area (Å²) in [5.41, 5.74) is 15.8. The van der Waals surface area contributed by atoms with Crippen molar-refractivity contribution in [2.75, 3.05) is 4.90 Å². The van der Waals surface area contributed by atoms with Crippen LogP contribution in [0.3, 0.4) is 0 Å². The van der Waals surface area contributed by atoms with Gasteiger partial charge in [-0.05, 0) is 104 Å². The van der Waals surface area contributed by atoms with Crippen LogP contribution in [-0.4, -0.2) is 4.57 Å². The summed E-state index contributed by atoms with van der Waals surface area (Å²) in [7, 11) is 0. The zero-order valence-corrected chi connectivity index (χ0v) is 34.4. The fourth-order valence-electron chi connectivity index (χ4n) is 10.8. The standard InChI is InChI=1S/C59H40N2O/c1-59(2)49-27-11-7-25-46(49)56-50(59)28-16-31-53(56)61(39-19-15-18-38(36-39)60-51-29-12-8-23-43(51)44-24-9-13-30-52(44)60)54-34-33-45(58-57(54)47-26-10-14-32-55(47)62-58)48-35-37-17-3-4-20-40(37)41-21-5-6-22-42(41)48/h3-36H,1-2H3. The highest BCUT2D eigenvalue weighted by atomic mass is 16.3. The van der Waals surface area contributed by atoms with E-state index in [1.807, 2.05) is 0 Å². The normalized spacial score (nSPS) is 13.1. The van der Waals surface area contributed by atoms with E-state index in [9.17, 15) is 0 Å². The molecule has 62 heavy (non-hydrogen) atoms. The molecule has 0 saturated carbocycles. The summed E-state index contributed by atoms with van der Waals surface area (Å²) < 4.78 is 9.51. The van der Waals surface area contributed by atoms with Gasteiger partial charge < -0.3 is 13.9 Å². The van der Waals surface area contributed by atoms with E-state index < -0.39 is 0 Å². The second-order valence-electron chi connectivity index (χ2n) is 17.2. The van der Waals surface area contributed by atoms with Crippen LogP contribution in [-0.2, 0) is 5.41 Å². The number of rotatable bonds is 5. The zero-order valence-electron chi connectivity index (χ0n) is 34.4. The lowest BCUT2D eigenvalue weighted by Crippen LogP contribution is -2.16. The third-order valence-corrected chi connectivity index (χ3v) is 13.6. The van der Waals surface area contributed by atoms with Crippen molar-refractivity contribution < 1.29 is 4.42 Å². The van der Waals surface area contributed by atoms with Gasteiger partial charge in [0.05, 0.1) is 27.8 Å². The van der Waals surface area contributed by atoms with Gasteiger partial charge >= 0.3 is 0 Å². The topological polar surface area (TPSA) is 21.3 Å². The fourth-order valence-corrected chi connectivity index (χ4v) is 10.8. The molecule has 0 unspecified atom stereocenters. The van der Waals surface area contributed by atoms with Gasteiger partial charge in [-0.2, -0.15) is 0 Å². The second kappa shape index (κ2) is 13.1. The summed E-state index contributed by atoms with van der Waals surface area (Å²) >= 11 is 0. The van der Waals surface area contributed by atoms with E-state index in [2.05, 4.69) is 230 Å². The van der Waals surface area contributed by atoms with Gasteiger partial charge in [0, 0.05) is 44.1 Å². The SMILES string of the molecule is CC1(C)c2ccccc2-c2c(N(c3cccc(-n4c5ccccc5c5ccccc54)c3)c3ccc(-c4cc5ccccc5c5ccccc45)c4oc5ccccc5c34)cccc21. The van der Waals surface area contributed by atoms with E-state index in [1.54, 1.807) is 0 Å². The molecule has 0 spiro atoms. The Hall–Kier alpha value is -7.88. The van der Waals surface area contributed by atoms with E-state index >= 15 is 0 Å². The molecule has 0 saturated heterocycles. The lowest BCUT2D eigenvalue weighted by atomic mass is 9.82. The Balaban J connectivity index is 1.13. The van der Waals surface area contributed by atoms with E-state index in [0.29, 0.717) is 0 Å². The fraction of sp³-hybridized carbons (Fsp3) is 0.0508. The van der Waals surface area contributed by atoms with Gasteiger partial charge in [-0.1, -0.05) is 159 Å². The van der Waals surface area contributed by atoms with E-state index in [1.165, 1.54) is 65.6 Å². The molecule has 0 amide bonds. The maximum atomic E-state index is 7.09. The van der Waals surface area contributed by atoms with Gasteiger partial charge in [0.25, 0.3) is 0 Å². The molecule has 292 valence electrons. The molecule has 3 heteroatoms. The van der Waals surface area contributed by atoms with Crippen molar-refractivity contribution in [2.24, 2.45) is 0 Å². The first-order valence-electron chi connectivity index (χ1n) is 21.5. The van der Waals surface area contributed by atoms with Crippen LogP contribution in [0.2, 0.25) is 0 Å². The Kier molecular flexibility index (Phi) is 7.36. The summed E-state index contributed by atoms with van der Waals surface area (Å²) in [5.74, 6) is 0. The molecule has 2 aromatic heterocycles. The average Bonchev–Trinajstić information content (AvgIpc) is 3.95. The number of fused-ring (bicyclic) bond motifs is 12. The summed E-state index contributed by atoms with van der Waals surface area (Å²) in [4.78, 5) is 2.50. The molecule has 1 aliphatic carbocycles. The number of hydrogen-bond donors (Lipinski definition) is 0. The van der Waals surface area contributed by atoms with Crippen molar-refractivity contribution in [2.45, 2.75) is 19.3 Å². The van der Waals surface area contributed by atoms with Crippen LogP contribution in [0.4, 0.5) is 17.1 Å². The van der Waals surface area contributed by atoms with E-state index in [0.717, 1.165) is 55.8 Å². The molecule has 3 nitrogen and oxygen atoms in total. The smallest absolute Gasteiger partial charge is 0.145 e. The van der Waals surface area contributed by atoms with Crippen LogP contribution >= 0.6 is 0 Å². The zero-order chi connectivity index (χ0) is 41.1.